The molecular weight excluding hydrogens is 274 g/mol. The predicted octanol–water partition coefficient (Wildman–Crippen LogP) is 0.120. The lowest BCUT2D eigenvalue weighted by Crippen LogP contribution is -2.40. The van der Waals surface area contributed by atoms with Crippen LogP contribution in [-0.2, 0) is 23.8 Å². The minimum Gasteiger partial charge on any atom is -0.469 e. The maximum atomic E-state index is 12.7. The van der Waals surface area contributed by atoms with Crippen LogP contribution in [-0.4, -0.2) is 61.4 Å². The number of carbonyl (C=O) groups excluding carboxylic acids is 2. The normalized spacial score (nSPS) is 43.7. The van der Waals surface area contributed by atoms with Crippen LogP contribution >= 0.6 is 0 Å². The molecule has 6 nitrogen and oxygen atoms in total. The van der Waals surface area contributed by atoms with Crippen molar-refractivity contribution in [3.63, 3.8) is 0 Å². The molecule has 4 rings (SSSR count). The van der Waals surface area contributed by atoms with E-state index < -0.39 is 17.4 Å². The van der Waals surface area contributed by atoms with Crippen molar-refractivity contribution in [1.29, 1.82) is 0 Å². The van der Waals surface area contributed by atoms with Crippen molar-refractivity contribution in [3.8, 4) is 0 Å². The maximum absolute atomic E-state index is 12.7. The molecule has 3 fully saturated rings. The van der Waals surface area contributed by atoms with E-state index in [1.165, 1.54) is 7.11 Å². The number of amides is 1. The van der Waals surface area contributed by atoms with Crippen LogP contribution in [0.15, 0.2) is 12.2 Å². The summed E-state index contributed by atoms with van der Waals surface area (Å²) in [4.78, 5) is 26.5. The Morgan fingerprint density at radius 2 is 2.43 bits per heavy atom. The molecule has 4 heterocycles. The molecule has 1 spiro atoms. The fraction of sp³-hybridized carbons (Fsp3) is 0.733. The largest absolute Gasteiger partial charge is 0.469 e. The van der Waals surface area contributed by atoms with Crippen molar-refractivity contribution in [2.24, 2.45) is 11.8 Å². The third-order valence-corrected chi connectivity index (χ3v) is 5.10. The van der Waals surface area contributed by atoms with Crippen molar-refractivity contribution in [2.45, 2.75) is 30.7 Å². The van der Waals surface area contributed by atoms with Gasteiger partial charge in [0.1, 0.15) is 11.5 Å². The Hall–Kier alpha value is -1.40. The SMILES string of the molecule is COC(=O)C1[C@H]2C(=O)N(CC3CCCO3)C[C@]23C=C[C@H]1O3. The summed E-state index contributed by atoms with van der Waals surface area (Å²) in [5.41, 5.74) is -0.640. The predicted molar refractivity (Wildman–Crippen MR) is 71.3 cm³/mol. The standard InChI is InChI=1S/C15H19NO5/c1-19-14(18)11-10-4-5-15(21-10)8-16(13(17)12(11)15)7-9-3-2-6-20-9/h4-5,9-12H,2-3,6-8H2,1H3/t9?,10-,11?,12+,15-/m1/s1. The molecule has 3 saturated heterocycles. The average Bonchev–Trinajstić information content (AvgIpc) is 3.22. The van der Waals surface area contributed by atoms with Gasteiger partial charge in [-0.25, -0.2) is 0 Å². The van der Waals surface area contributed by atoms with E-state index in [9.17, 15) is 9.59 Å². The van der Waals surface area contributed by atoms with E-state index in [-0.39, 0.29) is 24.1 Å². The highest BCUT2D eigenvalue weighted by Crippen LogP contribution is 2.52. The quantitative estimate of drug-likeness (QED) is 0.546. The number of methoxy groups -OCH3 is 1. The van der Waals surface area contributed by atoms with E-state index in [1.807, 2.05) is 12.2 Å². The van der Waals surface area contributed by atoms with Crippen LogP contribution < -0.4 is 0 Å². The van der Waals surface area contributed by atoms with Crippen molar-refractivity contribution in [3.05, 3.63) is 12.2 Å². The van der Waals surface area contributed by atoms with Gasteiger partial charge in [0, 0.05) is 13.2 Å². The van der Waals surface area contributed by atoms with Crippen molar-refractivity contribution < 1.29 is 23.8 Å². The Kier molecular flexibility index (Phi) is 2.87. The second kappa shape index (κ2) is 4.55. The molecule has 0 aromatic rings. The van der Waals surface area contributed by atoms with Gasteiger partial charge < -0.3 is 19.1 Å². The molecule has 0 radical (unpaired) electrons. The van der Waals surface area contributed by atoms with Crippen molar-refractivity contribution in [1.82, 2.24) is 4.90 Å². The second-order valence-corrected chi connectivity index (χ2v) is 6.28. The van der Waals surface area contributed by atoms with Crippen molar-refractivity contribution in [2.75, 3.05) is 26.8 Å². The highest BCUT2D eigenvalue weighted by molar-refractivity contribution is 5.91. The average molecular weight is 293 g/mol. The van der Waals surface area contributed by atoms with Gasteiger partial charge in [0.05, 0.1) is 31.8 Å². The number of nitrogens with zero attached hydrogens (tertiary/aromatic N) is 1. The Morgan fingerprint density at radius 3 is 3.14 bits per heavy atom. The van der Waals surface area contributed by atoms with Crippen LogP contribution in [0.3, 0.4) is 0 Å². The Morgan fingerprint density at radius 1 is 1.57 bits per heavy atom. The number of esters is 1. The van der Waals surface area contributed by atoms with Gasteiger partial charge in [-0.2, -0.15) is 0 Å². The Bertz CT molecular complexity index is 512. The number of hydrogen-bond acceptors (Lipinski definition) is 5. The fourth-order valence-corrected chi connectivity index (χ4v) is 4.17. The molecule has 0 N–H and O–H groups in total. The summed E-state index contributed by atoms with van der Waals surface area (Å²) in [5.74, 6) is -1.32. The Balaban J connectivity index is 1.57. The smallest absolute Gasteiger partial charge is 0.312 e. The number of rotatable bonds is 3. The molecule has 0 aliphatic carbocycles. The summed E-state index contributed by atoms with van der Waals surface area (Å²) in [5, 5.41) is 0. The second-order valence-electron chi connectivity index (χ2n) is 6.28. The summed E-state index contributed by atoms with van der Waals surface area (Å²) in [7, 11) is 1.36. The van der Waals surface area contributed by atoms with Crippen LogP contribution in [0.4, 0.5) is 0 Å². The summed E-state index contributed by atoms with van der Waals surface area (Å²) in [6.45, 7) is 1.87. The molecule has 4 aliphatic heterocycles. The highest BCUT2D eigenvalue weighted by Gasteiger charge is 2.67. The van der Waals surface area contributed by atoms with Crippen LogP contribution in [0.5, 0.6) is 0 Å². The van der Waals surface area contributed by atoms with Crippen LogP contribution in [0.1, 0.15) is 12.8 Å². The molecule has 6 heteroatoms. The third-order valence-electron chi connectivity index (χ3n) is 5.10. The number of hydrogen-bond donors (Lipinski definition) is 0. The van der Waals surface area contributed by atoms with Gasteiger partial charge >= 0.3 is 5.97 Å². The van der Waals surface area contributed by atoms with E-state index in [1.54, 1.807) is 4.90 Å². The van der Waals surface area contributed by atoms with Crippen LogP contribution in [0, 0.1) is 11.8 Å². The van der Waals surface area contributed by atoms with E-state index in [2.05, 4.69) is 0 Å². The van der Waals surface area contributed by atoms with Crippen LogP contribution in [0.2, 0.25) is 0 Å². The Labute approximate surface area is 123 Å². The lowest BCUT2D eigenvalue weighted by atomic mass is 9.77. The summed E-state index contributed by atoms with van der Waals surface area (Å²) < 4.78 is 16.4. The van der Waals surface area contributed by atoms with Gasteiger partial charge in [-0.05, 0) is 12.8 Å². The van der Waals surface area contributed by atoms with E-state index in [0.717, 1.165) is 19.4 Å². The zero-order chi connectivity index (χ0) is 14.6. The molecule has 0 saturated carbocycles. The first-order valence-electron chi connectivity index (χ1n) is 7.50. The number of likely N-dealkylation sites (tertiary alicyclic amines) is 1. The fourth-order valence-electron chi connectivity index (χ4n) is 4.17. The number of ether oxygens (including phenoxy) is 3. The van der Waals surface area contributed by atoms with Gasteiger partial charge in [-0.3, -0.25) is 9.59 Å². The van der Waals surface area contributed by atoms with Crippen LogP contribution in [0.25, 0.3) is 0 Å². The van der Waals surface area contributed by atoms with E-state index in [0.29, 0.717) is 13.1 Å². The molecule has 2 bridgehead atoms. The first-order chi connectivity index (χ1) is 10.1. The third kappa shape index (κ3) is 1.78. The minimum atomic E-state index is -0.640. The molecule has 114 valence electrons. The van der Waals surface area contributed by atoms with Gasteiger partial charge in [-0.15, -0.1) is 0 Å². The molecule has 0 aromatic carbocycles. The highest BCUT2D eigenvalue weighted by atomic mass is 16.5. The van der Waals surface area contributed by atoms with Gasteiger partial charge in [0.25, 0.3) is 0 Å². The number of carbonyl (C=O) groups is 2. The first kappa shape index (κ1) is 13.3. The molecule has 5 atom stereocenters. The van der Waals surface area contributed by atoms with Gasteiger partial charge in [-0.1, -0.05) is 12.2 Å². The lowest BCUT2D eigenvalue weighted by Gasteiger charge is -2.23. The zero-order valence-corrected chi connectivity index (χ0v) is 12.0. The summed E-state index contributed by atoms with van der Waals surface area (Å²) in [6, 6.07) is 0. The van der Waals surface area contributed by atoms with E-state index in [4.69, 9.17) is 14.2 Å². The maximum Gasteiger partial charge on any atom is 0.312 e. The summed E-state index contributed by atoms with van der Waals surface area (Å²) in [6.07, 6.45) is 5.67. The molecule has 21 heavy (non-hydrogen) atoms. The molecule has 2 unspecified atom stereocenters. The summed E-state index contributed by atoms with van der Waals surface area (Å²) >= 11 is 0. The monoisotopic (exact) mass is 293 g/mol. The van der Waals surface area contributed by atoms with E-state index >= 15 is 0 Å². The molecular formula is C15H19NO5. The first-order valence-corrected chi connectivity index (χ1v) is 7.50. The van der Waals surface area contributed by atoms with Gasteiger partial charge in [0.2, 0.25) is 5.91 Å². The molecule has 1 amide bonds. The topological polar surface area (TPSA) is 65.1 Å². The zero-order valence-electron chi connectivity index (χ0n) is 12.0. The lowest BCUT2D eigenvalue weighted by molar-refractivity contribution is -0.151. The van der Waals surface area contributed by atoms with Crippen molar-refractivity contribution >= 4 is 11.9 Å². The molecule has 4 aliphatic rings. The number of fused-ring (bicyclic) bond motifs is 1. The van der Waals surface area contributed by atoms with Gasteiger partial charge in [0.15, 0.2) is 0 Å². The molecule has 0 aromatic heterocycles. The minimum absolute atomic E-state index is 0.00671.